The summed E-state index contributed by atoms with van der Waals surface area (Å²) in [7, 11) is 0. The molecule has 0 aliphatic carbocycles. The first-order valence-electron chi connectivity index (χ1n) is 17.5. The summed E-state index contributed by atoms with van der Waals surface area (Å²) in [6.45, 7) is 5.67. The smallest absolute Gasteiger partial charge is 0.305 e. The lowest BCUT2D eigenvalue weighted by atomic mass is 10.1. The van der Waals surface area contributed by atoms with Crippen LogP contribution in [0.4, 0.5) is 0 Å². The van der Waals surface area contributed by atoms with E-state index in [1.54, 1.807) is 0 Å². The zero-order chi connectivity index (χ0) is 28.5. The molecule has 0 radical (unpaired) electrons. The fraction of sp³-hybridized carbons (Fsp3) is 0.943. The molecule has 0 bridgehead atoms. The minimum absolute atomic E-state index is 0.0164. The molecule has 0 saturated carbocycles. The largest absolute Gasteiger partial charge is 0.466 e. The number of esters is 2. The lowest BCUT2D eigenvalue weighted by molar-refractivity contribution is -0.144. The van der Waals surface area contributed by atoms with E-state index < -0.39 is 0 Å². The molecule has 0 aliphatic rings. The third kappa shape index (κ3) is 33.0. The monoisotopic (exact) mass is 553 g/mol. The molecule has 0 N–H and O–H groups in total. The lowest BCUT2D eigenvalue weighted by Gasteiger charge is -2.06. The quantitative estimate of drug-likeness (QED) is 0.0615. The van der Waals surface area contributed by atoms with Crippen molar-refractivity contribution in [3.8, 4) is 0 Å². The Hall–Kier alpha value is -1.06. The molecule has 0 unspecified atom stereocenters. The van der Waals surface area contributed by atoms with Crippen molar-refractivity contribution in [2.45, 2.75) is 200 Å². The second kappa shape index (κ2) is 33.1. The Morgan fingerprint density at radius 1 is 0.333 bits per heavy atom. The van der Waals surface area contributed by atoms with Crippen LogP contribution in [0.25, 0.3) is 0 Å². The molecule has 0 aromatic heterocycles. The summed E-state index contributed by atoms with van der Waals surface area (Å²) >= 11 is 0. The minimum Gasteiger partial charge on any atom is -0.466 e. The predicted octanol–water partition coefficient (Wildman–Crippen LogP) is 11.4. The van der Waals surface area contributed by atoms with Gasteiger partial charge in [-0.2, -0.15) is 0 Å². The first-order chi connectivity index (χ1) is 19.2. The maximum absolute atomic E-state index is 11.9. The molecular weight excluding hydrogens is 484 g/mol. The Bertz CT molecular complexity index is 461. The Morgan fingerprint density at radius 3 is 0.846 bits per heavy atom. The van der Waals surface area contributed by atoms with Gasteiger partial charge in [0.1, 0.15) is 0 Å². The summed E-state index contributed by atoms with van der Waals surface area (Å²) < 4.78 is 10.8. The van der Waals surface area contributed by atoms with Gasteiger partial charge in [0.15, 0.2) is 0 Å². The van der Waals surface area contributed by atoms with E-state index in [1.807, 2.05) is 0 Å². The molecule has 0 amide bonds. The number of ether oxygens (including phenoxy) is 2. The zero-order valence-electron chi connectivity index (χ0n) is 26.6. The van der Waals surface area contributed by atoms with Crippen LogP contribution in [0.2, 0.25) is 0 Å². The lowest BCUT2D eigenvalue weighted by Crippen LogP contribution is -2.06. The van der Waals surface area contributed by atoms with Crippen LogP contribution < -0.4 is 0 Å². The first-order valence-corrected chi connectivity index (χ1v) is 17.5. The van der Waals surface area contributed by atoms with E-state index in [0.29, 0.717) is 26.1 Å². The Labute approximate surface area is 244 Å². The third-order valence-corrected chi connectivity index (χ3v) is 7.78. The number of carbonyl (C=O) groups is 2. The molecular formula is C35H68O4. The highest BCUT2D eigenvalue weighted by Gasteiger charge is 2.04. The van der Waals surface area contributed by atoms with Crippen molar-refractivity contribution < 1.29 is 19.1 Å². The molecule has 0 saturated heterocycles. The van der Waals surface area contributed by atoms with Gasteiger partial charge in [-0.05, 0) is 25.7 Å². The van der Waals surface area contributed by atoms with Crippen molar-refractivity contribution in [2.75, 3.05) is 13.2 Å². The minimum atomic E-state index is -0.0164. The molecule has 0 aromatic rings. The van der Waals surface area contributed by atoms with E-state index in [1.165, 1.54) is 122 Å². The van der Waals surface area contributed by atoms with Gasteiger partial charge < -0.3 is 9.47 Å². The van der Waals surface area contributed by atoms with Gasteiger partial charge in [-0.15, -0.1) is 0 Å². The van der Waals surface area contributed by atoms with Gasteiger partial charge in [0, 0.05) is 12.8 Å². The van der Waals surface area contributed by atoms with Gasteiger partial charge in [0.2, 0.25) is 0 Å². The molecule has 0 heterocycles. The van der Waals surface area contributed by atoms with E-state index in [0.717, 1.165) is 51.4 Å². The molecule has 0 aromatic carbocycles. The van der Waals surface area contributed by atoms with Gasteiger partial charge in [0.25, 0.3) is 0 Å². The van der Waals surface area contributed by atoms with Crippen LogP contribution in [-0.4, -0.2) is 25.2 Å². The molecule has 4 heteroatoms. The molecule has 232 valence electrons. The summed E-state index contributed by atoms with van der Waals surface area (Å²) in [5.74, 6) is -0.0328. The molecule has 0 fully saturated rings. The van der Waals surface area contributed by atoms with Crippen LogP contribution >= 0.6 is 0 Å². The van der Waals surface area contributed by atoms with Crippen molar-refractivity contribution in [3.05, 3.63) is 0 Å². The Morgan fingerprint density at radius 2 is 0.564 bits per heavy atom. The number of unbranched alkanes of at least 4 members (excludes halogenated alkanes) is 24. The maximum atomic E-state index is 11.9. The second-order valence-corrected chi connectivity index (χ2v) is 11.8. The third-order valence-electron chi connectivity index (χ3n) is 7.78. The summed E-state index contributed by atoms with van der Waals surface area (Å²) in [6, 6.07) is 0. The molecule has 39 heavy (non-hydrogen) atoms. The highest BCUT2D eigenvalue weighted by Crippen LogP contribution is 2.13. The standard InChI is InChI=1S/C35H68O4/c1-3-5-7-9-11-13-15-18-22-26-30-34(36)38-32-28-24-20-17-21-25-29-33-39-35(37)31-27-23-19-16-14-12-10-8-6-4-2/h3-33H2,1-2H3. The van der Waals surface area contributed by atoms with Crippen LogP contribution in [0.15, 0.2) is 0 Å². The Balaban J connectivity index is 3.23. The SMILES string of the molecule is CCCCCCCCCCCCC(=O)OCCCCCCCCCOC(=O)CCCCCCCCCCCC. The molecule has 0 atom stereocenters. The average Bonchev–Trinajstić information content (AvgIpc) is 2.93. The predicted molar refractivity (Wildman–Crippen MR) is 167 cm³/mol. The fourth-order valence-corrected chi connectivity index (χ4v) is 5.12. The second-order valence-electron chi connectivity index (χ2n) is 11.8. The summed E-state index contributed by atoms with van der Waals surface area (Å²) in [5.41, 5.74) is 0. The summed E-state index contributed by atoms with van der Waals surface area (Å²) in [5, 5.41) is 0. The van der Waals surface area contributed by atoms with Crippen molar-refractivity contribution >= 4 is 11.9 Å². The van der Waals surface area contributed by atoms with E-state index in [9.17, 15) is 9.59 Å². The molecule has 4 nitrogen and oxygen atoms in total. The summed E-state index contributed by atoms with van der Waals surface area (Å²) in [4.78, 5) is 23.7. The highest BCUT2D eigenvalue weighted by molar-refractivity contribution is 5.69. The fourth-order valence-electron chi connectivity index (χ4n) is 5.12. The maximum Gasteiger partial charge on any atom is 0.305 e. The summed E-state index contributed by atoms with van der Waals surface area (Å²) in [6.07, 6.45) is 34.7. The van der Waals surface area contributed by atoms with E-state index in [4.69, 9.17) is 9.47 Å². The van der Waals surface area contributed by atoms with Gasteiger partial charge in [-0.25, -0.2) is 0 Å². The number of hydrogen-bond donors (Lipinski definition) is 0. The van der Waals surface area contributed by atoms with E-state index in [-0.39, 0.29) is 11.9 Å². The van der Waals surface area contributed by atoms with Crippen LogP contribution in [0.5, 0.6) is 0 Å². The Kier molecular flexibility index (Phi) is 32.2. The van der Waals surface area contributed by atoms with Gasteiger partial charge in [-0.1, -0.05) is 162 Å². The van der Waals surface area contributed by atoms with Crippen molar-refractivity contribution in [3.63, 3.8) is 0 Å². The van der Waals surface area contributed by atoms with E-state index >= 15 is 0 Å². The van der Waals surface area contributed by atoms with Gasteiger partial charge in [0.05, 0.1) is 13.2 Å². The normalized spacial score (nSPS) is 11.1. The average molecular weight is 553 g/mol. The first kappa shape index (κ1) is 37.9. The highest BCUT2D eigenvalue weighted by atomic mass is 16.5. The van der Waals surface area contributed by atoms with Crippen molar-refractivity contribution in [1.82, 2.24) is 0 Å². The van der Waals surface area contributed by atoms with E-state index in [2.05, 4.69) is 13.8 Å². The number of carbonyl (C=O) groups excluding carboxylic acids is 2. The van der Waals surface area contributed by atoms with Gasteiger partial charge in [-0.3, -0.25) is 9.59 Å². The topological polar surface area (TPSA) is 52.6 Å². The van der Waals surface area contributed by atoms with Crippen LogP contribution in [0.1, 0.15) is 200 Å². The molecule has 0 aliphatic heterocycles. The van der Waals surface area contributed by atoms with Crippen molar-refractivity contribution in [2.24, 2.45) is 0 Å². The van der Waals surface area contributed by atoms with Crippen LogP contribution in [0, 0.1) is 0 Å². The molecule has 0 rings (SSSR count). The van der Waals surface area contributed by atoms with Gasteiger partial charge >= 0.3 is 11.9 Å². The molecule has 0 spiro atoms. The van der Waals surface area contributed by atoms with Crippen molar-refractivity contribution in [1.29, 1.82) is 0 Å². The van der Waals surface area contributed by atoms with Crippen LogP contribution in [-0.2, 0) is 19.1 Å². The zero-order valence-corrected chi connectivity index (χ0v) is 26.6. The number of rotatable bonds is 32. The number of hydrogen-bond acceptors (Lipinski definition) is 4. The van der Waals surface area contributed by atoms with Crippen LogP contribution in [0.3, 0.4) is 0 Å².